The monoisotopic (exact) mass is 449 g/mol. The molecule has 1 amide bonds. The zero-order valence-corrected chi connectivity index (χ0v) is 19.0. The van der Waals surface area contributed by atoms with Crippen molar-refractivity contribution in [3.63, 3.8) is 0 Å². The Morgan fingerprint density at radius 2 is 1.76 bits per heavy atom. The quantitative estimate of drug-likeness (QED) is 0.379. The van der Waals surface area contributed by atoms with E-state index in [0.717, 1.165) is 25.1 Å². The lowest BCUT2D eigenvalue weighted by Gasteiger charge is -2.28. The molecule has 3 aromatic rings. The Balaban J connectivity index is 1.87. The molecule has 8 heteroatoms. The van der Waals surface area contributed by atoms with Crippen molar-refractivity contribution in [3.05, 3.63) is 85.3 Å². The van der Waals surface area contributed by atoms with E-state index in [-0.39, 0.29) is 22.8 Å². The predicted octanol–water partition coefficient (Wildman–Crippen LogP) is 4.15. The van der Waals surface area contributed by atoms with Crippen LogP contribution in [0.5, 0.6) is 0 Å². The van der Waals surface area contributed by atoms with Crippen LogP contribution in [-0.2, 0) is 6.42 Å². The highest BCUT2D eigenvalue weighted by atomic mass is 16.6. The molecule has 2 aromatic carbocycles. The Kier molecular flexibility index (Phi) is 6.29. The first-order chi connectivity index (χ1) is 15.9. The van der Waals surface area contributed by atoms with Crippen molar-refractivity contribution >= 4 is 22.6 Å². The SMILES string of the molecule is CCc1ccc2oc3c(c(=O)c2c1)C(c1ccc([N+](=O)[O-])cc1)N(CCN(CC)CC)C3=O. The fraction of sp³-hybridized carbons (Fsp3) is 0.360. The van der Waals surface area contributed by atoms with Crippen LogP contribution < -0.4 is 5.43 Å². The number of hydrogen-bond donors (Lipinski definition) is 0. The second kappa shape index (κ2) is 9.15. The highest BCUT2D eigenvalue weighted by Crippen LogP contribution is 2.38. The normalized spacial score (nSPS) is 15.5. The molecule has 0 radical (unpaired) electrons. The van der Waals surface area contributed by atoms with Crippen molar-refractivity contribution in [1.82, 2.24) is 9.80 Å². The number of nitrogens with zero attached hydrogens (tertiary/aromatic N) is 3. The molecule has 172 valence electrons. The highest BCUT2D eigenvalue weighted by molar-refractivity contribution is 5.99. The fourth-order valence-corrected chi connectivity index (χ4v) is 4.43. The Bertz CT molecular complexity index is 1260. The molecule has 1 aromatic heterocycles. The van der Waals surface area contributed by atoms with Crippen molar-refractivity contribution < 1.29 is 14.1 Å². The summed E-state index contributed by atoms with van der Waals surface area (Å²) in [6.45, 7) is 8.85. The number of likely N-dealkylation sites (N-methyl/N-ethyl adjacent to an activating group) is 1. The van der Waals surface area contributed by atoms with E-state index in [1.54, 1.807) is 23.1 Å². The number of fused-ring (bicyclic) bond motifs is 2. The van der Waals surface area contributed by atoms with E-state index in [9.17, 15) is 19.7 Å². The van der Waals surface area contributed by atoms with E-state index in [1.165, 1.54) is 12.1 Å². The number of nitro benzene ring substituents is 1. The van der Waals surface area contributed by atoms with Gasteiger partial charge in [-0.25, -0.2) is 0 Å². The molecule has 0 aliphatic carbocycles. The first-order valence-electron chi connectivity index (χ1n) is 11.3. The van der Waals surface area contributed by atoms with Crippen molar-refractivity contribution in [1.29, 1.82) is 0 Å². The number of rotatable bonds is 8. The van der Waals surface area contributed by atoms with Gasteiger partial charge in [-0.2, -0.15) is 0 Å². The van der Waals surface area contributed by atoms with Gasteiger partial charge in [0.1, 0.15) is 5.58 Å². The minimum absolute atomic E-state index is 0.0453. The van der Waals surface area contributed by atoms with E-state index in [4.69, 9.17) is 4.42 Å². The maximum Gasteiger partial charge on any atom is 0.290 e. The van der Waals surface area contributed by atoms with Gasteiger partial charge < -0.3 is 14.2 Å². The Labute approximate surface area is 191 Å². The summed E-state index contributed by atoms with van der Waals surface area (Å²) in [4.78, 5) is 41.6. The number of carbonyl (C=O) groups excluding carboxylic acids is 1. The van der Waals surface area contributed by atoms with Crippen LogP contribution in [-0.4, -0.2) is 46.8 Å². The Hall–Kier alpha value is -3.52. The predicted molar refractivity (Wildman–Crippen MR) is 126 cm³/mol. The standard InChI is InChI=1S/C25H27N3O5/c1-4-16-7-12-20-19(15-16)23(29)21-22(17-8-10-18(11-9-17)28(31)32)27(25(30)24(21)33-20)14-13-26(5-2)6-3/h7-12,15,22H,4-6,13-14H2,1-3H3. The third-order valence-corrected chi connectivity index (χ3v) is 6.41. The lowest BCUT2D eigenvalue weighted by molar-refractivity contribution is -0.384. The van der Waals surface area contributed by atoms with Crippen LogP contribution in [0.25, 0.3) is 11.0 Å². The summed E-state index contributed by atoms with van der Waals surface area (Å²) in [6, 6.07) is 10.8. The maximum atomic E-state index is 13.6. The third-order valence-electron chi connectivity index (χ3n) is 6.41. The van der Waals surface area contributed by atoms with Crippen molar-refractivity contribution in [2.75, 3.05) is 26.2 Å². The lowest BCUT2D eigenvalue weighted by Crippen LogP contribution is -2.37. The molecule has 1 unspecified atom stereocenters. The minimum atomic E-state index is -0.658. The minimum Gasteiger partial charge on any atom is -0.450 e. The number of amides is 1. The van der Waals surface area contributed by atoms with Gasteiger partial charge in [0.25, 0.3) is 11.6 Å². The van der Waals surface area contributed by atoms with Crippen LogP contribution in [0.15, 0.2) is 51.7 Å². The molecule has 1 aliphatic rings. The summed E-state index contributed by atoms with van der Waals surface area (Å²) in [5, 5.41) is 11.6. The van der Waals surface area contributed by atoms with E-state index >= 15 is 0 Å². The second-order valence-electron chi connectivity index (χ2n) is 8.13. The summed E-state index contributed by atoms with van der Waals surface area (Å²) >= 11 is 0. The third kappa shape index (κ3) is 4.02. The molecule has 33 heavy (non-hydrogen) atoms. The van der Waals surface area contributed by atoms with Crippen LogP contribution in [0.2, 0.25) is 0 Å². The number of aryl methyl sites for hydroxylation is 1. The highest BCUT2D eigenvalue weighted by Gasteiger charge is 2.42. The Morgan fingerprint density at radius 1 is 1.06 bits per heavy atom. The van der Waals surface area contributed by atoms with Crippen LogP contribution in [0.1, 0.15) is 54.1 Å². The van der Waals surface area contributed by atoms with Gasteiger partial charge in [-0.1, -0.05) is 26.8 Å². The van der Waals surface area contributed by atoms with Crippen LogP contribution >= 0.6 is 0 Å². The summed E-state index contributed by atoms with van der Waals surface area (Å²) in [5.41, 5.74) is 2.06. The van der Waals surface area contributed by atoms with Crippen molar-refractivity contribution in [2.24, 2.45) is 0 Å². The summed E-state index contributed by atoms with van der Waals surface area (Å²) in [7, 11) is 0. The van der Waals surface area contributed by atoms with Gasteiger partial charge in [-0.05, 0) is 54.9 Å². The summed E-state index contributed by atoms with van der Waals surface area (Å²) in [6.07, 6.45) is 0.771. The lowest BCUT2D eigenvalue weighted by atomic mass is 9.97. The van der Waals surface area contributed by atoms with E-state index < -0.39 is 11.0 Å². The molecule has 0 bridgehead atoms. The largest absolute Gasteiger partial charge is 0.450 e. The number of hydrogen-bond acceptors (Lipinski definition) is 6. The van der Waals surface area contributed by atoms with Gasteiger partial charge in [0.2, 0.25) is 5.76 Å². The van der Waals surface area contributed by atoms with Gasteiger partial charge in [-0.3, -0.25) is 19.7 Å². The van der Waals surface area contributed by atoms with Gasteiger partial charge >= 0.3 is 0 Å². The number of carbonyl (C=O) groups is 1. The molecule has 0 fully saturated rings. The molecule has 0 N–H and O–H groups in total. The van der Waals surface area contributed by atoms with Crippen LogP contribution in [0.3, 0.4) is 0 Å². The number of benzene rings is 2. The molecule has 4 rings (SSSR count). The first-order valence-corrected chi connectivity index (χ1v) is 11.3. The maximum absolute atomic E-state index is 13.6. The van der Waals surface area contributed by atoms with E-state index in [2.05, 4.69) is 18.7 Å². The molecular weight excluding hydrogens is 422 g/mol. The molecule has 8 nitrogen and oxygen atoms in total. The smallest absolute Gasteiger partial charge is 0.290 e. The molecule has 0 saturated carbocycles. The molecule has 0 spiro atoms. The first kappa shape index (κ1) is 22.7. The average Bonchev–Trinajstić information content (AvgIpc) is 3.11. The molecule has 2 heterocycles. The van der Waals surface area contributed by atoms with Crippen molar-refractivity contribution in [3.8, 4) is 0 Å². The van der Waals surface area contributed by atoms with Gasteiger partial charge in [0.15, 0.2) is 5.43 Å². The molecule has 1 aliphatic heterocycles. The van der Waals surface area contributed by atoms with Gasteiger partial charge in [0.05, 0.1) is 21.9 Å². The van der Waals surface area contributed by atoms with Crippen LogP contribution in [0, 0.1) is 10.1 Å². The van der Waals surface area contributed by atoms with E-state index in [1.807, 2.05) is 19.1 Å². The number of nitro groups is 1. The van der Waals surface area contributed by atoms with E-state index in [0.29, 0.717) is 35.2 Å². The van der Waals surface area contributed by atoms with Gasteiger partial charge in [0, 0.05) is 25.2 Å². The second-order valence-corrected chi connectivity index (χ2v) is 8.13. The Morgan fingerprint density at radius 3 is 2.36 bits per heavy atom. The molecule has 1 atom stereocenters. The number of non-ortho nitro benzene ring substituents is 1. The zero-order valence-electron chi connectivity index (χ0n) is 19.0. The topological polar surface area (TPSA) is 96.9 Å². The van der Waals surface area contributed by atoms with Crippen molar-refractivity contribution in [2.45, 2.75) is 33.2 Å². The zero-order chi connectivity index (χ0) is 23.7. The summed E-state index contributed by atoms with van der Waals surface area (Å²) in [5.74, 6) is -0.279. The fourth-order valence-electron chi connectivity index (χ4n) is 4.43. The van der Waals surface area contributed by atoms with Gasteiger partial charge in [-0.15, -0.1) is 0 Å². The average molecular weight is 450 g/mol. The molecular formula is C25H27N3O5. The summed E-state index contributed by atoms with van der Waals surface area (Å²) < 4.78 is 5.99. The molecule has 0 saturated heterocycles. The van der Waals surface area contributed by atoms with Crippen LogP contribution in [0.4, 0.5) is 5.69 Å².